The number of halogens is 3. The van der Waals surface area contributed by atoms with Crippen molar-refractivity contribution in [1.82, 2.24) is 5.43 Å². The SMILES string of the molecule is Cc1ccc(CC(NN)C2CCCC(C(F)(F)F)C2)cc1. The fourth-order valence-corrected chi connectivity index (χ4v) is 3.23. The van der Waals surface area contributed by atoms with E-state index in [4.69, 9.17) is 5.84 Å². The van der Waals surface area contributed by atoms with Crippen molar-refractivity contribution in [2.45, 2.75) is 51.2 Å². The normalized spacial score (nSPS) is 24.8. The summed E-state index contributed by atoms with van der Waals surface area (Å²) in [4.78, 5) is 0. The Morgan fingerprint density at radius 3 is 2.48 bits per heavy atom. The van der Waals surface area contributed by atoms with Gasteiger partial charge in [0.2, 0.25) is 0 Å². The number of benzene rings is 1. The largest absolute Gasteiger partial charge is 0.391 e. The molecule has 21 heavy (non-hydrogen) atoms. The van der Waals surface area contributed by atoms with E-state index in [0.29, 0.717) is 12.8 Å². The van der Waals surface area contributed by atoms with Gasteiger partial charge >= 0.3 is 6.18 Å². The van der Waals surface area contributed by atoms with E-state index < -0.39 is 12.1 Å². The maximum absolute atomic E-state index is 12.9. The zero-order chi connectivity index (χ0) is 15.5. The monoisotopic (exact) mass is 300 g/mol. The Morgan fingerprint density at radius 1 is 1.24 bits per heavy atom. The highest BCUT2D eigenvalue weighted by Gasteiger charge is 2.43. The number of hydrogen-bond donors (Lipinski definition) is 2. The summed E-state index contributed by atoms with van der Waals surface area (Å²) >= 11 is 0. The van der Waals surface area contributed by atoms with Crippen molar-refractivity contribution < 1.29 is 13.2 Å². The summed E-state index contributed by atoms with van der Waals surface area (Å²) in [6.07, 6.45) is -1.53. The van der Waals surface area contributed by atoms with Crippen LogP contribution in [0, 0.1) is 18.8 Å². The molecule has 118 valence electrons. The molecule has 1 aliphatic carbocycles. The van der Waals surface area contributed by atoms with Gasteiger partial charge in [0, 0.05) is 6.04 Å². The summed E-state index contributed by atoms with van der Waals surface area (Å²) in [5, 5.41) is 0. The number of nitrogens with one attached hydrogen (secondary N) is 1. The van der Waals surface area contributed by atoms with E-state index in [1.807, 2.05) is 31.2 Å². The molecular weight excluding hydrogens is 277 g/mol. The van der Waals surface area contributed by atoms with Crippen LogP contribution >= 0.6 is 0 Å². The molecule has 3 atom stereocenters. The highest BCUT2D eigenvalue weighted by molar-refractivity contribution is 5.22. The van der Waals surface area contributed by atoms with Crippen LogP contribution in [-0.2, 0) is 6.42 Å². The average molecular weight is 300 g/mol. The van der Waals surface area contributed by atoms with Crippen LogP contribution in [-0.4, -0.2) is 12.2 Å². The second-order valence-corrected chi connectivity index (χ2v) is 6.13. The van der Waals surface area contributed by atoms with E-state index in [1.165, 1.54) is 5.56 Å². The van der Waals surface area contributed by atoms with Crippen molar-refractivity contribution in [3.63, 3.8) is 0 Å². The minimum Gasteiger partial charge on any atom is -0.271 e. The van der Waals surface area contributed by atoms with Gasteiger partial charge in [-0.05, 0) is 44.1 Å². The molecule has 0 bridgehead atoms. The van der Waals surface area contributed by atoms with Crippen LogP contribution in [0.1, 0.15) is 36.8 Å². The van der Waals surface area contributed by atoms with E-state index in [9.17, 15) is 13.2 Å². The summed E-state index contributed by atoms with van der Waals surface area (Å²) in [5.41, 5.74) is 5.02. The number of aryl methyl sites for hydroxylation is 1. The standard InChI is InChI=1S/C16H23F3N2/c1-11-5-7-12(8-6-11)9-15(21-20)13-3-2-4-14(10-13)16(17,18)19/h5-8,13-15,21H,2-4,9-10,20H2,1H3. The summed E-state index contributed by atoms with van der Waals surface area (Å²) in [6, 6.07) is 7.97. The van der Waals surface area contributed by atoms with Crippen LogP contribution in [0.15, 0.2) is 24.3 Å². The second-order valence-electron chi connectivity index (χ2n) is 6.13. The average Bonchev–Trinajstić information content (AvgIpc) is 2.46. The Kier molecular flexibility index (Phi) is 5.27. The molecule has 1 aromatic rings. The van der Waals surface area contributed by atoms with Crippen LogP contribution in [0.3, 0.4) is 0 Å². The first-order valence-corrected chi connectivity index (χ1v) is 7.48. The molecule has 0 aromatic heterocycles. The quantitative estimate of drug-likeness (QED) is 0.656. The summed E-state index contributed by atoms with van der Waals surface area (Å²) < 4.78 is 38.7. The molecule has 3 unspecified atom stereocenters. The van der Waals surface area contributed by atoms with Gasteiger partial charge in [-0.15, -0.1) is 0 Å². The number of alkyl halides is 3. The number of hydrazine groups is 1. The molecule has 0 aliphatic heterocycles. The molecule has 0 spiro atoms. The molecule has 2 rings (SSSR count). The van der Waals surface area contributed by atoms with Crippen LogP contribution in [0.4, 0.5) is 13.2 Å². The minimum atomic E-state index is -4.08. The van der Waals surface area contributed by atoms with Gasteiger partial charge in [-0.2, -0.15) is 13.2 Å². The van der Waals surface area contributed by atoms with Gasteiger partial charge in [-0.1, -0.05) is 36.2 Å². The summed E-state index contributed by atoms with van der Waals surface area (Å²) in [6.45, 7) is 2.01. The lowest BCUT2D eigenvalue weighted by Crippen LogP contribution is -2.45. The van der Waals surface area contributed by atoms with Crippen molar-refractivity contribution in [2.24, 2.45) is 17.7 Å². The summed E-state index contributed by atoms with van der Waals surface area (Å²) in [7, 11) is 0. The molecule has 0 radical (unpaired) electrons. The van der Waals surface area contributed by atoms with E-state index in [0.717, 1.165) is 12.0 Å². The molecule has 2 nitrogen and oxygen atoms in total. The predicted molar refractivity (Wildman–Crippen MR) is 77.5 cm³/mol. The third-order valence-electron chi connectivity index (χ3n) is 4.54. The van der Waals surface area contributed by atoms with Gasteiger partial charge in [0.25, 0.3) is 0 Å². The van der Waals surface area contributed by atoms with Crippen molar-refractivity contribution in [2.75, 3.05) is 0 Å². The molecular formula is C16H23F3N2. The Balaban J connectivity index is 2.01. The van der Waals surface area contributed by atoms with Crippen LogP contribution in [0.2, 0.25) is 0 Å². The maximum atomic E-state index is 12.9. The molecule has 0 amide bonds. The van der Waals surface area contributed by atoms with Gasteiger partial charge in [0.15, 0.2) is 0 Å². The fourth-order valence-electron chi connectivity index (χ4n) is 3.23. The van der Waals surface area contributed by atoms with Gasteiger partial charge in [0.1, 0.15) is 0 Å². The first kappa shape index (κ1) is 16.3. The lowest BCUT2D eigenvalue weighted by molar-refractivity contribution is -0.186. The van der Waals surface area contributed by atoms with E-state index in [1.54, 1.807) is 0 Å². The van der Waals surface area contributed by atoms with E-state index in [-0.39, 0.29) is 24.8 Å². The van der Waals surface area contributed by atoms with Gasteiger partial charge in [0.05, 0.1) is 5.92 Å². The van der Waals surface area contributed by atoms with Crippen molar-refractivity contribution in [3.05, 3.63) is 35.4 Å². The first-order valence-electron chi connectivity index (χ1n) is 7.48. The zero-order valence-electron chi connectivity index (χ0n) is 12.3. The summed E-state index contributed by atoms with van der Waals surface area (Å²) in [5.74, 6) is 4.41. The van der Waals surface area contributed by atoms with Crippen molar-refractivity contribution in [1.29, 1.82) is 0 Å². The zero-order valence-corrected chi connectivity index (χ0v) is 12.3. The third kappa shape index (κ3) is 4.45. The van der Waals surface area contributed by atoms with Crippen molar-refractivity contribution >= 4 is 0 Å². The molecule has 1 aromatic carbocycles. The minimum absolute atomic E-state index is 0.0170. The molecule has 0 heterocycles. The predicted octanol–water partition coefficient (Wildman–Crippen LogP) is 3.74. The lowest BCUT2D eigenvalue weighted by Gasteiger charge is -2.35. The second kappa shape index (κ2) is 6.79. The smallest absolute Gasteiger partial charge is 0.271 e. The Hall–Kier alpha value is -1.07. The topological polar surface area (TPSA) is 38.0 Å². The molecule has 1 aliphatic rings. The Bertz CT molecular complexity index is 442. The number of nitrogens with two attached hydrogens (primary N) is 1. The van der Waals surface area contributed by atoms with E-state index in [2.05, 4.69) is 5.43 Å². The molecule has 3 N–H and O–H groups in total. The Labute approximate surface area is 123 Å². The fraction of sp³-hybridized carbons (Fsp3) is 0.625. The molecule has 0 saturated heterocycles. The van der Waals surface area contributed by atoms with E-state index >= 15 is 0 Å². The van der Waals surface area contributed by atoms with Crippen LogP contribution in [0.5, 0.6) is 0 Å². The van der Waals surface area contributed by atoms with Gasteiger partial charge in [-0.25, -0.2) is 0 Å². The van der Waals surface area contributed by atoms with Crippen LogP contribution in [0.25, 0.3) is 0 Å². The van der Waals surface area contributed by atoms with Gasteiger partial charge in [-0.3, -0.25) is 11.3 Å². The van der Waals surface area contributed by atoms with Crippen molar-refractivity contribution in [3.8, 4) is 0 Å². The number of rotatable bonds is 4. The first-order chi connectivity index (χ1) is 9.90. The maximum Gasteiger partial charge on any atom is 0.391 e. The highest BCUT2D eigenvalue weighted by atomic mass is 19.4. The highest BCUT2D eigenvalue weighted by Crippen LogP contribution is 2.41. The molecule has 5 heteroatoms. The molecule has 1 fully saturated rings. The molecule has 1 saturated carbocycles. The van der Waals surface area contributed by atoms with Gasteiger partial charge < -0.3 is 0 Å². The number of hydrogen-bond acceptors (Lipinski definition) is 2. The third-order valence-corrected chi connectivity index (χ3v) is 4.54. The Morgan fingerprint density at radius 2 is 1.90 bits per heavy atom. The van der Waals surface area contributed by atoms with Crippen LogP contribution < -0.4 is 11.3 Å². The lowest BCUT2D eigenvalue weighted by atomic mass is 9.76.